The van der Waals surface area contributed by atoms with Crippen molar-refractivity contribution >= 4 is 43.6 Å². The molecule has 0 aliphatic rings. The fraction of sp³-hybridized carbons (Fsp3) is 0.0896. The standard InChI is InChI=1S/C67H48F3N3/c1-40-6-14-45(15-7-40)49-22-26-61-56(33-49)57-34-50(46-16-8-41(2)9-17-46)23-27-62(57)72(61)65-37-54(53-30-44(5)31-55(32-53)67(68,69)70)38-66(60(65)39-71)73-63-28-24-51(47-18-10-42(3)11-19-47)35-58(63)59-36-52(25-29-64(59)73)48-20-12-43(4)13-21-48/h6-38H,1-5H3. The predicted molar refractivity (Wildman–Crippen MR) is 296 cm³/mol. The summed E-state index contributed by atoms with van der Waals surface area (Å²) in [5.41, 5.74) is 18.8. The van der Waals surface area contributed by atoms with Crippen molar-refractivity contribution in [2.24, 2.45) is 0 Å². The second-order valence-electron chi connectivity index (χ2n) is 19.6. The first-order valence-electron chi connectivity index (χ1n) is 24.5. The van der Waals surface area contributed by atoms with Crippen molar-refractivity contribution in [3.63, 3.8) is 0 Å². The Morgan fingerprint density at radius 3 is 0.890 bits per heavy atom. The van der Waals surface area contributed by atoms with Crippen molar-refractivity contribution in [1.82, 2.24) is 9.13 Å². The molecule has 0 amide bonds. The van der Waals surface area contributed by atoms with Gasteiger partial charge in [0.15, 0.2) is 0 Å². The monoisotopic (exact) mass is 951 g/mol. The third-order valence-corrected chi connectivity index (χ3v) is 14.5. The molecule has 0 N–H and O–H groups in total. The number of nitrogens with zero attached hydrogens (tertiary/aromatic N) is 3. The van der Waals surface area contributed by atoms with E-state index in [0.717, 1.165) is 88.1 Å². The number of fused-ring (bicyclic) bond motifs is 6. The topological polar surface area (TPSA) is 33.6 Å². The number of aromatic nitrogens is 2. The summed E-state index contributed by atoms with van der Waals surface area (Å²) in [7, 11) is 0. The van der Waals surface area contributed by atoms with Gasteiger partial charge in [-0.2, -0.15) is 18.4 Å². The Labute approximate surface area is 422 Å². The summed E-state index contributed by atoms with van der Waals surface area (Å²) < 4.78 is 48.5. The largest absolute Gasteiger partial charge is 0.416 e. The average Bonchev–Trinajstić information content (AvgIpc) is 3.90. The molecule has 0 aliphatic heterocycles. The van der Waals surface area contributed by atoms with Gasteiger partial charge in [-0.15, -0.1) is 0 Å². The molecule has 352 valence electrons. The van der Waals surface area contributed by atoms with Crippen LogP contribution in [0.2, 0.25) is 0 Å². The number of hydrogen-bond donors (Lipinski definition) is 0. The molecule has 3 nitrogen and oxygen atoms in total. The minimum Gasteiger partial charge on any atom is -0.308 e. The highest BCUT2D eigenvalue weighted by molar-refractivity contribution is 6.14. The van der Waals surface area contributed by atoms with Gasteiger partial charge in [-0.05, 0) is 169 Å². The van der Waals surface area contributed by atoms with Gasteiger partial charge in [0.25, 0.3) is 0 Å². The van der Waals surface area contributed by atoms with Gasteiger partial charge in [0.1, 0.15) is 11.6 Å². The molecule has 12 rings (SSSR count). The lowest BCUT2D eigenvalue weighted by atomic mass is 9.96. The van der Waals surface area contributed by atoms with E-state index in [1.807, 2.05) is 12.1 Å². The second kappa shape index (κ2) is 17.4. The summed E-state index contributed by atoms with van der Waals surface area (Å²) in [6, 6.07) is 70.4. The quantitative estimate of drug-likeness (QED) is 0.157. The van der Waals surface area contributed by atoms with Crippen LogP contribution in [0.25, 0.3) is 111 Å². The normalized spacial score (nSPS) is 11.8. The summed E-state index contributed by atoms with van der Waals surface area (Å²) in [6.07, 6.45) is -4.58. The van der Waals surface area contributed by atoms with Crippen LogP contribution < -0.4 is 0 Å². The number of hydrogen-bond acceptors (Lipinski definition) is 1. The molecule has 0 bridgehead atoms. The van der Waals surface area contributed by atoms with Gasteiger partial charge in [0.05, 0.1) is 39.0 Å². The number of aryl methyl sites for hydroxylation is 5. The van der Waals surface area contributed by atoms with Crippen molar-refractivity contribution < 1.29 is 13.2 Å². The van der Waals surface area contributed by atoms with Gasteiger partial charge in [-0.3, -0.25) is 0 Å². The van der Waals surface area contributed by atoms with Gasteiger partial charge < -0.3 is 9.13 Å². The number of nitriles is 1. The first-order valence-corrected chi connectivity index (χ1v) is 24.5. The Kier molecular flexibility index (Phi) is 10.8. The Balaban J connectivity index is 1.19. The zero-order valence-corrected chi connectivity index (χ0v) is 41.0. The molecule has 0 radical (unpaired) electrons. The zero-order valence-electron chi connectivity index (χ0n) is 41.0. The molecule has 0 unspecified atom stereocenters. The van der Waals surface area contributed by atoms with Crippen LogP contribution in [0.3, 0.4) is 0 Å². The maximum absolute atomic E-state index is 14.7. The van der Waals surface area contributed by atoms with Gasteiger partial charge >= 0.3 is 6.18 Å². The van der Waals surface area contributed by atoms with Gasteiger partial charge in [0.2, 0.25) is 0 Å². The van der Waals surface area contributed by atoms with E-state index in [-0.39, 0.29) is 0 Å². The zero-order chi connectivity index (χ0) is 50.3. The minimum atomic E-state index is -4.58. The predicted octanol–water partition coefficient (Wildman–Crippen LogP) is 18.6. The molecule has 0 spiro atoms. The Morgan fingerprint density at radius 1 is 0.315 bits per heavy atom. The van der Waals surface area contributed by atoms with Crippen molar-refractivity contribution in [3.8, 4) is 73.1 Å². The van der Waals surface area contributed by atoms with Crippen LogP contribution >= 0.6 is 0 Å². The van der Waals surface area contributed by atoms with Crippen molar-refractivity contribution in [3.05, 3.63) is 239 Å². The van der Waals surface area contributed by atoms with Crippen LogP contribution in [0.1, 0.15) is 38.9 Å². The van der Waals surface area contributed by atoms with E-state index < -0.39 is 11.7 Å². The maximum atomic E-state index is 14.7. The minimum absolute atomic E-state index is 0.375. The lowest BCUT2D eigenvalue weighted by Crippen LogP contribution is -2.07. The van der Waals surface area contributed by atoms with Crippen LogP contribution in [0.4, 0.5) is 13.2 Å². The summed E-state index contributed by atoms with van der Waals surface area (Å²) >= 11 is 0. The highest BCUT2D eigenvalue weighted by Crippen LogP contribution is 2.44. The van der Waals surface area contributed by atoms with Gasteiger partial charge in [0, 0.05) is 21.5 Å². The third kappa shape index (κ3) is 8.04. The summed E-state index contributed by atoms with van der Waals surface area (Å²) in [5, 5.41) is 15.7. The molecule has 2 heterocycles. The van der Waals surface area contributed by atoms with E-state index in [0.29, 0.717) is 33.6 Å². The molecular weight excluding hydrogens is 904 g/mol. The van der Waals surface area contributed by atoms with Crippen molar-refractivity contribution in [2.45, 2.75) is 40.8 Å². The van der Waals surface area contributed by atoms with E-state index in [2.05, 4.69) is 213 Å². The van der Waals surface area contributed by atoms with Crippen LogP contribution in [-0.2, 0) is 6.18 Å². The highest BCUT2D eigenvalue weighted by atomic mass is 19.4. The lowest BCUT2D eigenvalue weighted by Gasteiger charge is -2.19. The second-order valence-corrected chi connectivity index (χ2v) is 19.6. The molecule has 0 aliphatic carbocycles. The van der Waals surface area contributed by atoms with E-state index in [1.165, 1.54) is 34.4 Å². The number of rotatable bonds is 7. The van der Waals surface area contributed by atoms with Crippen LogP contribution in [-0.4, -0.2) is 9.13 Å². The fourth-order valence-electron chi connectivity index (χ4n) is 10.6. The molecule has 12 aromatic rings. The van der Waals surface area contributed by atoms with E-state index in [1.54, 1.807) is 13.0 Å². The van der Waals surface area contributed by atoms with Crippen LogP contribution in [0, 0.1) is 45.9 Å². The summed E-state index contributed by atoms with van der Waals surface area (Å²) in [5.74, 6) is 0. The summed E-state index contributed by atoms with van der Waals surface area (Å²) in [6.45, 7) is 10.0. The van der Waals surface area contributed by atoms with Crippen LogP contribution in [0.5, 0.6) is 0 Å². The van der Waals surface area contributed by atoms with Gasteiger partial charge in [-0.25, -0.2) is 0 Å². The number of alkyl halides is 3. The number of halogens is 3. The SMILES string of the molecule is Cc1ccc(-c2ccc3c(c2)c2cc(-c4ccc(C)cc4)ccc2n3-c2cc(-c3cc(C)cc(C(F)(F)F)c3)cc(-n3c4ccc(-c5ccc(C)cc5)cc4c4cc(-c5ccc(C)cc5)ccc43)c2C#N)cc1. The molecule has 6 heteroatoms. The Morgan fingerprint density at radius 2 is 0.603 bits per heavy atom. The lowest BCUT2D eigenvalue weighted by molar-refractivity contribution is -0.137. The molecule has 0 saturated carbocycles. The number of benzene rings is 10. The average molecular weight is 952 g/mol. The molecule has 73 heavy (non-hydrogen) atoms. The molecule has 0 fully saturated rings. The van der Waals surface area contributed by atoms with E-state index in [4.69, 9.17) is 0 Å². The van der Waals surface area contributed by atoms with Crippen molar-refractivity contribution in [2.75, 3.05) is 0 Å². The molecule has 0 atom stereocenters. The third-order valence-electron chi connectivity index (χ3n) is 14.5. The molecule has 2 aromatic heterocycles. The van der Waals surface area contributed by atoms with Gasteiger partial charge in [-0.1, -0.05) is 150 Å². The fourth-order valence-corrected chi connectivity index (χ4v) is 10.6. The summed E-state index contributed by atoms with van der Waals surface area (Å²) in [4.78, 5) is 0. The van der Waals surface area contributed by atoms with Crippen LogP contribution in [0.15, 0.2) is 200 Å². The molecular formula is C67H48F3N3. The van der Waals surface area contributed by atoms with E-state index >= 15 is 0 Å². The van der Waals surface area contributed by atoms with E-state index in [9.17, 15) is 18.4 Å². The Hall–Kier alpha value is -8.92. The first kappa shape index (κ1) is 45.2. The highest BCUT2D eigenvalue weighted by Gasteiger charge is 2.32. The van der Waals surface area contributed by atoms with Crippen molar-refractivity contribution in [1.29, 1.82) is 5.26 Å². The Bertz CT molecular complexity index is 3760. The smallest absolute Gasteiger partial charge is 0.308 e. The molecule has 10 aromatic carbocycles. The molecule has 0 saturated heterocycles. The maximum Gasteiger partial charge on any atom is 0.416 e. The first-order chi connectivity index (χ1) is 35.3.